The summed E-state index contributed by atoms with van der Waals surface area (Å²) in [6.45, 7) is 0. The van der Waals surface area contributed by atoms with E-state index in [-0.39, 0.29) is 11.3 Å². The Hall–Kier alpha value is -7.16. The lowest BCUT2D eigenvalue weighted by atomic mass is 9.61. The molecule has 6 aromatic carbocycles. The number of rotatable bonds is 6. The fourth-order valence-electron chi connectivity index (χ4n) is 12.2. The third-order valence-corrected chi connectivity index (χ3v) is 15.0. The second-order valence-corrected chi connectivity index (χ2v) is 18.2. The first-order valence-corrected chi connectivity index (χ1v) is 23.0. The van der Waals surface area contributed by atoms with E-state index in [1.165, 1.54) is 94.0 Å². The molecule has 2 nitrogen and oxygen atoms in total. The summed E-state index contributed by atoms with van der Waals surface area (Å²) in [7, 11) is 0. The summed E-state index contributed by atoms with van der Waals surface area (Å²) >= 11 is 0. The van der Waals surface area contributed by atoms with Crippen LogP contribution in [-0.4, -0.2) is 9.13 Å². The van der Waals surface area contributed by atoms with Gasteiger partial charge < -0.3 is 9.13 Å². The zero-order chi connectivity index (χ0) is 41.5. The predicted molar refractivity (Wildman–Crippen MR) is 266 cm³/mol. The molecule has 5 aliphatic rings. The number of hydrogen-bond acceptors (Lipinski definition) is 0. The second kappa shape index (κ2) is 14.5. The van der Waals surface area contributed by atoms with E-state index in [2.05, 4.69) is 222 Å². The van der Waals surface area contributed by atoms with Gasteiger partial charge in [0.2, 0.25) is 0 Å². The van der Waals surface area contributed by atoms with E-state index in [1.807, 2.05) is 0 Å². The van der Waals surface area contributed by atoms with Crippen LogP contribution in [0.1, 0.15) is 48.8 Å². The third kappa shape index (κ3) is 5.50. The molecule has 2 heterocycles. The Labute approximate surface area is 369 Å². The Bertz CT molecular complexity index is 3440. The minimum Gasteiger partial charge on any atom is -0.313 e. The summed E-state index contributed by atoms with van der Waals surface area (Å²) in [4.78, 5) is 0. The normalized spacial score (nSPS) is 22.6. The lowest BCUT2D eigenvalue weighted by Gasteiger charge is -2.42. The van der Waals surface area contributed by atoms with Crippen LogP contribution in [-0.2, 0) is 5.41 Å². The number of allylic oxidation sites excluding steroid dienone is 16. The quantitative estimate of drug-likeness (QED) is 0.158. The molecule has 0 spiro atoms. The Balaban J connectivity index is 0.921. The van der Waals surface area contributed by atoms with Crippen molar-refractivity contribution >= 4 is 60.6 Å². The van der Waals surface area contributed by atoms with Crippen LogP contribution in [0.4, 0.5) is 0 Å². The van der Waals surface area contributed by atoms with Crippen LogP contribution in [0.25, 0.3) is 71.7 Å². The van der Waals surface area contributed by atoms with E-state index in [0.717, 1.165) is 32.1 Å². The molecule has 0 saturated heterocycles. The van der Waals surface area contributed by atoms with Gasteiger partial charge in [0.1, 0.15) is 0 Å². The molecule has 5 aliphatic carbocycles. The first-order valence-electron chi connectivity index (χ1n) is 23.0. The van der Waals surface area contributed by atoms with Crippen LogP contribution in [0.2, 0.25) is 0 Å². The number of aromatic nitrogens is 2. The highest BCUT2D eigenvalue weighted by Crippen LogP contribution is 2.59. The summed E-state index contributed by atoms with van der Waals surface area (Å²) in [6, 6.07) is 52.8. The Morgan fingerprint density at radius 2 is 1.25 bits per heavy atom. The molecule has 13 rings (SSSR count). The van der Waals surface area contributed by atoms with Crippen LogP contribution in [0.3, 0.4) is 0 Å². The Kier molecular flexibility index (Phi) is 8.38. The zero-order valence-electron chi connectivity index (χ0n) is 35.4. The number of benzene rings is 6. The fourth-order valence-corrected chi connectivity index (χ4v) is 12.2. The molecule has 2 aromatic heterocycles. The molecule has 0 bridgehead atoms. The summed E-state index contributed by atoms with van der Waals surface area (Å²) in [5, 5.41) is 5.16. The van der Waals surface area contributed by atoms with Gasteiger partial charge in [-0.05, 0) is 125 Å². The maximum Gasteiger partial charge on any atom is 0.0544 e. The van der Waals surface area contributed by atoms with Crippen molar-refractivity contribution in [2.24, 2.45) is 17.8 Å². The number of fused-ring (bicyclic) bond motifs is 8. The monoisotopic (exact) mass is 808 g/mol. The topological polar surface area (TPSA) is 9.86 Å². The minimum absolute atomic E-state index is 0.219. The van der Waals surface area contributed by atoms with Gasteiger partial charge in [-0.15, -0.1) is 0 Å². The van der Waals surface area contributed by atoms with E-state index in [0.29, 0.717) is 11.8 Å². The van der Waals surface area contributed by atoms with Crippen molar-refractivity contribution < 1.29 is 0 Å². The first-order chi connectivity index (χ1) is 31.3. The molecule has 0 N–H and O–H groups in total. The molecule has 0 aliphatic heterocycles. The van der Waals surface area contributed by atoms with Gasteiger partial charge in [-0.3, -0.25) is 0 Å². The van der Waals surface area contributed by atoms with Crippen LogP contribution >= 0.6 is 0 Å². The molecule has 8 aromatic rings. The molecule has 4 unspecified atom stereocenters. The lowest BCUT2D eigenvalue weighted by Crippen LogP contribution is -2.37. The SMILES string of the molecule is C1=CCC(C2C=CC(n3c4ccccc4c4cc(-c5ccc6c7ccccc7n(C7=CC=CC(C8(c9ccccc9)C9=C(CCC=C9)c9ccccc98)C7)c6c5)ccc43)=CC2)C=C1. The molecular weight excluding hydrogens is 761 g/mol. The van der Waals surface area contributed by atoms with Crippen LogP contribution in [0.5, 0.6) is 0 Å². The minimum atomic E-state index is -0.284. The highest BCUT2D eigenvalue weighted by molar-refractivity contribution is 6.13. The molecule has 2 heteroatoms. The number of hydrogen-bond donors (Lipinski definition) is 0. The summed E-state index contributed by atoms with van der Waals surface area (Å²) < 4.78 is 5.06. The van der Waals surface area contributed by atoms with Crippen molar-refractivity contribution in [2.45, 2.75) is 37.5 Å². The molecule has 0 amide bonds. The molecule has 302 valence electrons. The summed E-state index contributed by atoms with van der Waals surface area (Å²) in [5.41, 5.74) is 17.1. The lowest BCUT2D eigenvalue weighted by molar-refractivity contribution is 0.454. The van der Waals surface area contributed by atoms with Gasteiger partial charge in [-0.25, -0.2) is 0 Å². The first kappa shape index (κ1) is 36.5. The van der Waals surface area contributed by atoms with Gasteiger partial charge in [0, 0.05) is 38.9 Å². The molecule has 0 fully saturated rings. The standard InChI is InChI=1S/C61H48N2/c1-3-16-41(17-4-1)42-30-34-47(35-31-42)62-58-29-14-10-25-52(58)54-38-43(33-37-59(54)62)44-32-36-53-51-24-9-13-28-57(51)63(60(53)39-44)48-21-15-20-46(40-48)61(45-18-5-2-6-19-45)55-26-11-7-22-49(55)50-23-8-12-27-56(50)61/h1-7,9-16,18-22,24-30,32-39,41-42,46H,8,17,23,31,40H2. The van der Waals surface area contributed by atoms with E-state index in [4.69, 9.17) is 0 Å². The van der Waals surface area contributed by atoms with Gasteiger partial charge in [0.05, 0.1) is 27.5 Å². The zero-order valence-corrected chi connectivity index (χ0v) is 35.4. The van der Waals surface area contributed by atoms with Crippen molar-refractivity contribution in [3.8, 4) is 11.1 Å². The average molecular weight is 809 g/mol. The Morgan fingerprint density at radius 1 is 0.524 bits per heavy atom. The van der Waals surface area contributed by atoms with Gasteiger partial charge >= 0.3 is 0 Å². The van der Waals surface area contributed by atoms with Gasteiger partial charge in [0.15, 0.2) is 0 Å². The van der Waals surface area contributed by atoms with Gasteiger partial charge in [0.25, 0.3) is 0 Å². The Morgan fingerprint density at radius 3 is 2.10 bits per heavy atom. The molecule has 0 saturated carbocycles. The van der Waals surface area contributed by atoms with E-state index in [9.17, 15) is 0 Å². The fraction of sp³-hybridized carbons (Fsp3) is 0.148. The third-order valence-electron chi connectivity index (χ3n) is 15.0. The van der Waals surface area contributed by atoms with Gasteiger partial charge in [-0.1, -0.05) is 170 Å². The van der Waals surface area contributed by atoms with Crippen molar-refractivity contribution in [1.82, 2.24) is 9.13 Å². The molecule has 4 atom stereocenters. The van der Waals surface area contributed by atoms with Crippen LogP contribution in [0.15, 0.2) is 218 Å². The molecular formula is C61H48N2. The predicted octanol–water partition coefficient (Wildman–Crippen LogP) is 15.6. The van der Waals surface area contributed by atoms with Crippen molar-refractivity contribution in [3.63, 3.8) is 0 Å². The highest BCUT2D eigenvalue weighted by atomic mass is 15.0. The van der Waals surface area contributed by atoms with E-state index in [1.54, 1.807) is 0 Å². The summed E-state index contributed by atoms with van der Waals surface area (Å²) in [6.07, 6.45) is 33.7. The molecule has 63 heavy (non-hydrogen) atoms. The van der Waals surface area contributed by atoms with E-state index >= 15 is 0 Å². The smallest absolute Gasteiger partial charge is 0.0544 e. The maximum absolute atomic E-state index is 2.58. The van der Waals surface area contributed by atoms with Crippen molar-refractivity contribution in [3.05, 3.63) is 235 Å². The van der Waals surface area contributed by atoms with Crippen molar-refractivity contribution in [2.75, 3.05) is 0 Å². The molecule has 0 radical (unpaired) electrons. The number of para-hydroxylation sites is 2. The van der Waals surface area contributed by atoms with Gasteiger partial charge in [-0.2, -0.15) is 0 Å². The van der Waals surface area contributed by atoms with Crippen molar-refractivity contribution in [1.29, 1.82) is 0 Å². The second-order valence-electron chi connectivity index (χ2n) is 18.2. The summed E-state index contributed by atoms with van der Waals surface area (Å²) in [5.74, 6) is 1.33. The number of nitrogens with zero attached hydrogens (tertiary/aromatic N) is 2. The highest BCUT2D eigenvalue weighted by Gasteiger charge is 2.50. The van der Waals surface area contributed by atoms with Crippen LogP contribution in [0, 0.1) is 17.8 Å². The van der Waals surface area contributed by atoms with Crippen LogP contribution < -0.4 is 0 Å². The maximum atomic E-state index is 2.58. The largest absolute Gasteiger partial charge is 0.313 e. The van der Waals surface area contributed by atoms with E-state index < -0.39 is 0 Å². The average Bonchev–Trinajstić information content (AvgIpc) is 3.98.